The van der Waals surface area contributed by atoms with Gasteiger partial charge in [-0.05, 0) is 36.2 Å². The van der Waals surface area contributed by atoms with Gasteiger partial charge >= 0.3 is 0 Å². The van der Waals surface area contributed by atoms with Crippen LogP contribution < -0.4 is 5.56 Å². The minimum atomic E-state index is -0.359. The fourth-order valence-electron chi connectivity index (χ4n) is 5.00. The highest BCUT2D eigenvalue weighted by atomic mass is 35.5. The average Bonchev–Trinajstić information content (AvgIpc) is 3.63. The summed E-state index contributed by atoms with van der Waals surface area (Å²) in [5.74, 6) is 0.264. The molecule has 1 unspecified atom stereocenters. The summed E-state index contributed by atoms with van der Waals surface area (Å²) in [4.78, 5) is 30.1. The maximum atomic E-state index is 13.6. The van der Waals surface area contributed by atoms with Crippen molar-refractivity contribution in [1.82, 2.24) is 30.6 Å². The fourth-order valence-corrected chi connectivity index (χ4v) is 5.12. The molecule has 9 nitrogen and oxygen atoms in total. The summed E-state index contributed by atoms with van der Waals surface area (Å²) in [6.07, 6.45) is 0.861. The van der Waals surface area contributed by atoms with E-state index in [0.29, 0.717) is 35.0 Å². The molecule has 0 saturated carbocycles. The molecule has 0 aliphatic carbocycles. The van der Waals surface area contributed by atoms with Crippen molar-refractivity contribution in [2.24, 2.45) is 5.10 Å². The van der Waals surface area contributed by atoms with Crippen molar-refractivity contribution in [2.45, 2.75) is 32.2 Å². The Hall–Kier alpha value is -4.63. The van der Waals surface area contributed by atoms with Gasteiger partial charge < -0.3 is 4.98 Å². The Kier molecular flexibility index (Phi) is 6.50. The van der Waals surface area contributed by atoms with E-state index in [1.165, 1.54) is 5.01 Å². The molecule has 0 bridgehead atoms. The van der Waals surface area contributed by atoms with Crippen molar-refractivity contribution in [3.05, 3.63) is 111 Å². The van der Waals surface area contributed by atoms with Gasteiger partial charge in [-0.3, -0.25) is 9.59 Å². The van der Waals surface area contributed by atoms with Gasteiger partial charge in [0.2, 0.25) is 5.91 Å². The molecule has 0 fully saturated rings. The second kappa shape index (κ2) is 10.3. The van der Waals surface area contributed by atoms with Crippen LogP contribution in [-0.2, 0) is 11.2 Å². The molecule has 10 heteroatoms. The van der Waals surface area contributed by atoms with Gasteiger partial charge in [-0.15, -0.1) is 10.2 Å². The van der Waals surface area contributed by atoms with E-state index in [-0.39, 0.29) is 23.9 Å². The predicted molar refractivity (Wildman–Crippen MR) is 149 cm³/mol. The van der Waals surface area contributed by atoms with E-state index in [2.05, 4.69) is 25.6 Å². The van der Waals surface area contributed by atoms with Gasteiger partial charge in [0, 0.05) is 40.8 Å². The molecule has 0 spiro atoms. The number of H-pyrrole nitrogens is 2. The van der Waals surface area contributed by atoms with Crippen LogP contribution >= 0.6 is 11.6 Å². The Balaban J connectivity index is 1.48. The third kappa shape index (κ3) is 4.84. The Morgan fingerprint density at radius 3 is 2.54 bits per heavy atom. The number of aromatic nitrogens is 5. The van der Waals surface area contributed by atoms with E-state index < -0.39 is 0 Å². The second-order valence-electron chi connectivity index (χ2n) is 9.50. The summed E-state index contributed by atoms with van der Waals surface area (Å²) in [6.45, 7) is 2.02. The summed E-state index contributed by atoms with van der Waals surface area (Å²) in [6, 6.07) is 22.7. The topological polar surface area (TPSA) is 120 Å². The number of hydrogen-bond donors (Lipinski definition) is 2. The lowest BCUT2D eigenvalue weighted by molar-refractivity contribution is -0.133. The molecule has 1 amide bonds. The summed E-state index contributed by atoms with van der Waals surface area (Å²) < 4.78 is 0. The molecule has 1 aliphatic rings. The zero-order valence-corrected chi connectivity index (χ0v) is 21.8. The van der Waals surface area contributed by atoms with Crippen LogP contribution in [0.5, 0.6) is 0 Å². The number of nitrogens with zero attached hydrogens (tertiary/aromatic N) is 5. The lowest BCUT2D eigenvalue weighted by Crippen LogP contribution is -2.27. The smallest absolute Gasteiger partial charge is 0.258 e. The molecule has 3 aromatic carbocycles. The lowest BCUT2D eigenvalue weighted by atomic mass is 9.91. The van der Waals surface area contributed by atoms with Gasteiger partial charge in [0.05, 0.1) is 17.3 Å². The number of rotatable bonds is 6. The van der Waals surface area contributed by atoms with Crippen molar-refractivity contribution in [1.29, 1.82) is 0 Å². The maximum Gasteiger partial charge on any atom is 0.258 e. The number of benzene rings is 3. The number of hydrogen-bond acceptors (Lipinski definition) is 6. The van der Waals surface area contributed by atoms with E-state index in [1.54, 1.807) is 12.1 Å². The molecule has 39 heavy (non-hydrogen) atoms. The summed E-state index contributed by atoms with van der Waals surface area (Å²) in [5.41, 5.74) is 5.11. The fraction of sp³-hybridized carbons (Fsp3) is 0.172. The number of tetrazole rings is 1. The first-order valence-electron chi connectivity index (χ1n) is 12.6. The average molecular weight is 538 g/mol. The Labute approximate surface area is 228 Å². The summed E-state index contributed by atoms with van der Waals surface area (Å²) >= 11 is 6.18. The lowest BCUT2D eigenvalue weighted by Gasteiger charge is -2.22. The number of nitrogens with one attached hydrogen (secondary N) is 2. The number of carbonyl (C=O) groups excluding carboxylic acids is 1. The molecule has 2 aromatic heterocycles. The number of aromatic amines is 2. The highest BCUT2D eigenvalue weighted by Crippen LogP contribution is 2.37. The minimum Gasteiger partial charge on any atom is -0.321 e. The normalized spacial score (nSPS) is 15.1. The second-order valence-corrected chi connectivity index (χ2v) is 9.94. The first-order valence-corrected chi connectivity index (χ1v) is 13.0. The summed E-state index contributed by atoms with van der Waals surface area (Å²) in [7, 11) is 0. The van der Waals surface area contributed by atoms with Gasteiger partial charge in [-0.1, -0.05) is 77.0 Å². The van der Waals surface area contributed by atoms with Gasteiger partial charge in [0.25, 0.3) is 5.56 Å². The van der Waals surface area contributed by atoms with Gasteiger partial charge in [-0.25, -0.2) is 5.01 Å². The molecule has 0 radical (unpaired) electrons. The first-order chi connectivity index (χ1) is 19.0. The molecule has 194 valence electrons. The standard InChI is InChI=1S/C29H24ClN7O2/c1-17-6-8-18(9-7-17)24-16-23(34-37(24)26(38)15-14-25-32-35-36-33-25)28-27(19-10-12-20(30)13-11-19)21-4-2-3-5-22(21)31-29(28)39/h2-13,24H,14-16H2,1H3,(H,31,39)(H,32,33,35,36). The number of para-hydroxylation sites is 1. The molecular weight excluding hydrogens is 514 g/mol. The monoisotopic (exact) mass is 537 g/mol. The van der Waals surface area contributed by atoms with E-state index in [0.717, 1.165) is 33.2 Å². The number of halogens is 1. The number of pyridine rings is 1. The molecular formula is C29H24ClN7O2. The number of amides is 1. The molecule has 5 aromatic rings. The molecule has 6 rings (SSSR count). The minimum absolute atomic E-state index is 0.150. The highest BCUT2D eigenvalue weighted by Gasteiger charge is 2.35. The van der Waals surface area contributed by atoms with Gasteiger partial charge in [0.15, 0.2) is 5.82 Å². The molecule has 0 saturated heterocycles. The van der Waals surface area contributed by atoms with E-state index >= 15 is 0 Å². The molecule has 1 aliphatic heterocycles. The SMILES string of the molecule is Cc1ccc(C2CC(c3c(-c4ccc(Cl)cc4)c4ccccc4[nH]c3=O)=NN2C(=O)CCc2nn[nH]n2)cc1. The third-order valence-electron chi connectivity index (χ3n) is 6.92. The van der Waals surface area contributed by atoms with Crippen LogP contribution in [0.1, 0.15) is 41.4 Å². The Bertz CT molecular complexity index is 1740. The van der Waals surface area contributed by atoms with Crippen LogP contribution in [0.15, 0.2) is 82.7 Å². The summed E-state index contributed by atoms with van der Waals surface area (Å²) in [5, 5.41) is 21.6. The van der Waals surface area contributed by atoms with Gasteiger partial charge in [-0.2, -0.15) is 10.3 Å². The quantitative estimate of drug-likeness (QED) is 0.316. The van der Waals surface area contributed by atoms with Crippen molar-refractivity contribution >= 4 is 34.1 Å². The van der Waals surface area contributed by atoms with Crippen LogP contribution in [0.3, 0.4) is 0 Å². The Morgan fingerprint density at radius 2 is 1.79 bits per heavy atom. The van der Waals surface area contributed by atoms with Crippen molar-refractivity contribution < 1.29 is 4.79 Å². The van der Waals surface area contributed by atoms with E-state index in [9.17, 15) is 9.59 Å². The zero-order valence-electron chi connectivity index (χ0n) is 21.1. The van der Waals surface area contributed by atoms with E-state index in [1.807, 2.05) is 67.6 Å². The van der Waals surface area contributed by atoms with Crippen LogP contribution in [0, 0.1) is 6.92 Å². The van der Waals surface area contributed by atoms with Crippen molar-refractivity contribution in [2.75, 3.05) is 0 Å². The first kappa shape index (κ1) is 24.7. The Morgan fingerprint density at radius 1 is 1.03 bits per heavy atom. The number of hydrazone groups is 1. The van der Waals surface area contributed by atoms with Gasteiger partial charge in [0.1, 0.15) is 0 Å². The largest absolute Gasteiger partial charge is 0.321 e. The maximum absolute atomic E-state index is 13.6. The number of aryl methyl sites for hydroxylation is 2. The molecule has 2 N–H and O–H groups in total. The van der Waals surface area contributed by atoms with E-state index in [4.69, 9.17) is 16.7 Å². The number of carbonyl (C=O) groups is 1. The van der Waals surface area contributed by atoms with Crippen LogP contribution in [0.2, 0.25) is 5.02 Å². The van der Waals surface area contributed by atoms with Crippen LogP contribution in [0.4, 0.5) is 0 Å². The van der Waals surface area contributed by atoms with Crippen molar-refractivity contribution in [3.8, 4) is 11.1 Å². The zero-order chi connectivity index (χ0) is 26.9. The predicted octanol–water partition coefficient (Wildman–Crippen LogP) is 4.98. The highest BCUT2D eigenvalue weighted by molar-refractivity contribution is 6.30. The molecule has 1 atom stereocenters. The third-order valence-corrected chi connectivity index (χ3v) is 7.17. The van der Waals surface area contributed by atoms with Crippen LogP contribution in [-0.4, -0.2) is 42.2 Å². The number of fused-ring (bicyclic) bond motifs is 1. The van der Waals surface area contributed by atoms with Crippen molar-refractivity contribution in [3.63, 3.8) is 0 Å². The van der Waals surface area contributed by atoms with Crippen LogP contribution in [0.25, 0.3) is 22.0 Å². The molecule has 3 heterocycles.